The molecule has 2 rings (SSSR count). The molecule has 0 N–H and O–H groups in total. The first-order chi connectivity index (χ1) is 8.28. The van der Waals surface area contributed by atoms with E-state index in [1.165, 1.54) is 12.8 Å². The number of ether oxygens (including phenoxy) is 2. The molecule has 2 nitrogen and oxygen atoms in total. The van der Waals surface area contributed by atoms with Crippen LogP contribution in [0.2, 0.25) is 0 Å². The second-order valence-electron chi connectivity index (χ2n) is 4.79. The van der Waals surface area contributed by atoms with Crippen LogP contribution in [-0.4, -0.2) is 36.4 Å². The summed E-state index contributed by atoms with van der Waals surface area (Å²) in [6.07, 6.45) is 11.0. The van der Waals surface area contributed by atoms with Crippen molar-refractivity contribution in [1.82, 2.24) is 0 Å². The number of thioether (sulfide) groups is 1. The number of alkyl halides is 1. The molecule has 4 heteroatoms. The van der Waals surface area contributed by atoms with Crippen LogP contribution in [-0.2, 0) is 9.47 Å². The van der Waals surface area contributed by atoms with Gasteiger partial charge in [-0.3, -0.25) is 0 Å². The van der Waals surface area contributed by atoms with Crippen molar-refractivity contribution in [3.63, 3.8) is 0 Å². The predicted molar refractivity (Wildman–Crippen MR) is 73.7 cm³/mol. The van der Waals surface area contributed by atoms with E-state index in [4.69, 9.17) is 21.1 Å². The maximum Gasteiger partial charge on any atom is 0.176 e. The SMILES string of the molecule is CSC1COC(/C=C/C2CCC(Cl)CC2)OC1. The lowest BCUT2D eigenvalue weighted by Gasteiger charge is -2.27. The Morgan fingerprint density at radius 2 is 1.71 bits per heavy atom. The molecule has 1 heterocycles. The van der Waals surface area contributed by atoms with E-state index in [0.717, 1.165) is 26.1 Å². The fourth-order valence-corrected chi connectivity index (χ4v) is 2.95. The zero-order valence-electron chi connectivity index (χ0n) is 10.3. The third-order valence-electron chi connectivity index (χ3n) is 3.47. The first-order valence-electron chi connectivity index (χ1n) is 6.36. The summed E-state index contributed by atoms with van der Waals surface area (Å²) in [6.45, 7) is 1.59. The van der Waals surface area contributed by atoms with Gasteiger partial charge in [0.25, 0.3) is 0 Å². The van der Waals surface area contributed by atoms with Crippen molar-refractivity contribution in [2.24, 2.45) is 5.92 Å². The van der Waals surface area contributed by atoms with Crippen LogP contribution < -0.4 is 0 Å². The van der Waals surface area contributed by atoms with Crippen molar-refractivity contribution in [2.45, 2.75) is 42.6 Å². The minimum atomic E-state index is -0.132. The van der Waals surface area contributed by atoms with Crippen LogP contribution in [0.25, 0.3) is 0 Å². The summed E-state index contributed by atoms with van der Waals surface area (Å²) in [5.41, 5.74) is 0. The van der Waals surface area contributed by atoms with E-state index in [2.05, 4.69) is 18.4 Å². The quantitative estimate of drug-likeness (QED) is 0.581. The monoisotopic (exact) mass is 276 g/mol. The first kappa shape index (κ1) is 13.7. The molecule has 0 spiro atoms. The Morgan fingerprint density at radius 1 is 1.06 bits per heavy atom. The van der Waals surface area contributed by atoms with Gasteiger partial charge in [-0.15, -0.1) is 11.6 Å². The van der Waals surface area contributed by atoms with E-state index in [1.54, 1.807) is 11.8 Å². The predicted octanol–water partition coefficient (Wildman–Crippen LogP) is 3.44. The highest BCUT2D eigenvalue weighted by Crippen LogP contribution is 2.28. The van der Waals surface area contributed by atoms with Gasteiger partial charge in [0.1, 0.15) is 0 Å². The molecule has 1 aliphatic heterocycles. The number of halogens is 1. The molecule has 1 aliphatic carbocycles. The summed E-state index contributed by atoms with van der Waals surface area (Å²) >= 11 is 7.89. The van der Waals surface area contributed by atoms with E-state index in [-0.39, 0.29) is 6.29 Å². The minimum Gasteiger partial charge on any atom is -0.348 e. The van der Waals surface area contributed by atoms with Gasteiger partial charge in [0.05, 0.1) is 18.5 Å². The largest absolute Gasteiger partial charge is 0.348 e. The number of rotatable bonds is 3. The molecule has 2 aliphatic rings. The molecule has 2 fully saturated rings. The van der Waals surface area contributed by atoms with Crippen LogP contribution >= 0.6 is 23.4 Å². The Hall–Kier alpha value is 0.300. The Morgan fingerprint density at radius 3 is 2.29 bits per heavy atom. The maximum atomic E-state index is 6.09. The summed E-state index contributed by atoms with van der Waals surface area (Å²) in [7, 11) is 0. The molecular formula is C13H21ClO2S. The van der Waals surface area contributed by atoms with E-state index in [1.807, 2.05) is 0 Å². The standard InChI is InChI=1S/C13H21ClO2S/c1-17-12-8-15-13(16-9-12)7-4-10-2-5-11(14)6-3-10/h4,7,10-13H,2-3,5-6,8-9H2,1H3/b7-4+. The zero-order chi connectivity index (χ0) is 12.1. The molecule has 17 heavy (non-hydrogen) atoms. The summed E-state index contributed by atoms with van der Waals surface area (Å²) in [4.78, 5) is 0. The molecule has 0 aromatic rings. The Balaban J connectivity index is 1.70. The van der Waals surface area contributed by atoms with Crippen molar-refractivity contribution in [1.29, 1.82) is 0 Å². The minimum absolute atomic E-state index is 0.132. The second kappa shape index (κ2) is 7.03. The average molecular weight is 277 g/mol. The lowest BCUT2D eigenvalue weighted by Crippen LogP contribution is -2.32. The third kappa shape index (κ3) is 4.47. The maximum absolute atomic E-state index is 6.09. The first-order valence-corrected chi connectivity index (χ1v) is 8.08. The van der Waals surface area contributed by atoms with Gasteiger partial charge in [-0.25, -0.2) is 0 Å². The molecule has 0 amide bonds. The summed E-state index contributed by atoms with van der Waals surface area (Å²) in [5, 5.41) is 0.885. The lowest BCUT2D eigenvalue weighted by molar-refractivity contribution is -0.146. The molecule has 98 valence electrons. The van der Waals surface area contributed by atoms with E-state index in [9.17, 15) is 0 Å². The highest BCUT2D eigenvalue weighted by Gasteiger charge is 2.21. The van der Waals surface area contributed by atoms with Crippen LogP contribution in [0.3, 0.4) is 0 Å². The van der Waals surface area contributed by atoms with E-state index in [0.29, 0.717) is 16.5 Å². The van der Waals surface area contributed by atoms with Gasteiger partial charge in [0, 0.05) is 5.38 Å². The van der Waals surface area contributed by atoms with Crippen LogP contribution in [0, 0.1) is 5.92 Å². The molecule has 1 saturated heterocycles. The van der Waals surface area contributed by atoms with Gasteiger partial charge in [0.15, 0.2) is 6.29 Å². The van der Waals surface area contributed by atoms with Crippen molar-refractivity contribution < 1.29 is 9.47 Å². The molecular weight excluding hydrogens is 256 g/mol. The van der Waals surface area contributed by atoms with E-state index >= 15 is 0 Å². The van der Waals surface area contributed by atoms with Gasteiger partial charge in [0.2, 0.25) is 0 Å². The number of hydrogen-bond donors (Lipinski definition) is 0. The Labute approximate surface area is 113 Å². The van der Waals surface area contributed by atoms with Crippen LogP contribution in [0.15, 0.2) is 12.2 Å². The molecule has 1 saturated carbocycles. The number of allylic oxidation sites excluding steroid dienone is 1. The van der Waals surface area contributed by atoms with Crippen LogP contribution in [0.5, 0.6) is 0 Å². The molecule has 0 bridgehead atoms. The summed E-state index contributed by atoms with van der Waals surface area (Å²) in [6, 6.07) is 0. The fraction of sp³-hybridized carbons (Fsp3) is 0.846. The fourth-order valence-electron chi connectivity index (χ4n) is 2.27. The third-order valence-corrected chi connectivity index (χ3v) is 4.84. The Kier molecular flexibility index (Phi) is 5.67. The molecule has 0 aromatic carbocycles. The van der Waals surface area contributed by atoms with Crippen molar-refractivity contribution >= 4 is 23.4 Å². The van der Waals surface area contributed by atoms with Gasteiger partial charge in [-0.1, -0.05) is 6.08 Å². The van der Waals surface area contributed by atoms with Gasteiger partial charge >= 0.3 is 0 Å². The molecule has 0 unspecified atom stereocenters. The normalized spacial score (nSPS) is 39.6. The summed E-state index contributed by atoms with van der Waals surface area (Å²) in [5.74, 6) is 0.662. The summed E-state index contributed by atoms with van der Waals surface area (Å²) < 4.78 is 11.3. The van der Waals surface area contributed by atoms with Crippen molar-refractivity contribution in [3.05, 3.63) is 12.2 Å². The van der Waals surface area contributed by atoms with Crippen LogP contribution in [0.1, 0.15) is 25.7 Å². The molecule has 0 atom stereocenters. The second-order valence-corrected chi connectivity index (χ2v) is 6.55. The van der Waals surface area contributed by atoms with Crippen molar-refractivity contribution in [3.8, 4) is 0 Å². The Bertz CT molecular complexity index is 244. The molecule has 0 aromatic heterocycles. The van der Waals surface area contributed by atoms with Crippen LogP contribution in [0.4, 0.5) is 0 Å². The van der Waals surface area contributed by atoms with E-state index < -0.39 is 0 Å². The zero-order valence-corrected chi connectivity index (χ0v) is 11.9. The average Bonchev–Trinajstić information content (AvgIpc) is 2.39. The topological polar surface area (TPSA) is 18.5 Å². The molecule has 0 radical (unpaired) electrons. The lowest BCUT2D eigenvalue weighted by atomic mass is 9.89. The van der Waals surface area contributed by atoms with Gasteiger partial charge in [-0.2, -0.15) is 11.8 Å². The number of hydrogen-bond acceptors (Lipinski definition) is 3. The van der Waals surface area contributed by atoms with Gasteiger partial charge < -0.3 is 9.47 Å². The smallest absolute Gasteiger partial charge is 0.176 e. The van der Waals surface area contributed by atoms with Crippen molar-refractivity contribution in [2.75, 3.05) is 19.5 Å². The highest BCUT2D eigenvalue weighted by molar-refractivity contribution is 7.99. The van der Waals surface area contributed by atoms with Gasteiger partial charge in [-0.05, 0) is 43.9 Å². The highest BCUT2D eigenvalue weighted by atomic mass is 35.5.